The number of benzene rings is 1. The zero-order valence-electron chi connectivity index (χ0n) is 17.2. The van der Waals surface area contributed by atoms with Crippen LogP contribution in [0.25, 0.3) is 0 Å². The summed E-state index contributed by atoms with van der Waals surface area (Å²) in [5.41, 5.74) is 2.85. The van der Waals surface area contributed by atoms with Crippen LogP contribution in [0.3, 0.4) is 0 Å². The number of amides is 1. The van der Waals surface area contributed by atoms with Crippen molar-refractivity contribution >= 4 is 40.0 Å². The molecule has 1 aromatic carbocycles. The molecule has 160 valence electrons. The molecule has 31 heavy (non-hydrogen) atoms. The Balaban J connectivity index is 1.46. The predicted octanol–water partition coefficient (Wildman–Crippen LogP) is 4.72. The van der Waals surface area contributed by atoms with Crippen LogP contribution in [-0.2, 0) is 22.4 Å². The minimum atomic E-state index is -0.391. The van der Waals surface area contributed by atoms with Crippen molar-refractivity contribution in [1.29, 1.82) is 0 Å². The Kier molecular flexibility index (Phi) is 6.99. The van der Waals surface area contributed by atoms with Crippen molar-refractivity contribution in [2.75, 3.05) is 18.2 Å². The third kappa shape index (κ3) is 5.14. The monoisotopic (exact) mass is 453 g/mol. The van der Waals surface area contributed by atoms with E-state index in [0.717, 1.165) is 29.7 Å². The first-order valence-electron chi connectivity index (χ1n) is 10.1. The molecule has 0 spiro atoms. The Bertz CT molecular complexity index is 1050. The largest absolute Gasteiger partial charge is 0.465 e. The fourth-order valence-corrected chi connectivity index (χ4v) is 5.86. The van der Waals surface area contributed by atoms with Gasteiger partial charge in [-0.3, -0.25) is 4.79 Å². The van der Waals surface area contributed by atoms with Crippen molar-refractivity contribution in [3.05, 3.63) is 70.4 Å². The Morgan fingerprint density at radius 2 is 1.97 bits per heavy atom. The van der Waals surface area contributed by atoms with Crippen LogP contribution in [0.2, 0.25) is 0 Å². The third-order valence-corrected chi connectivity index (χ3v) is 7.33. The molecule has 1 aliphatic rings. The van der Waals surface area contributed by atoms with Crippen LogP contribution in [0.4, 0.5) is 5.00 Å². The maximum absolute atomic E-state index is 12.6. The highest BCUT2D eigenvalue weighted by atomic mass is 32.2. The lowest BCUT2D eigenvalue weighted by Gasteiger charge is -2.22. The molecule has 0 aliphatic heterocycles. The van der Waals surface area contributed by atoms with Gasteiger partial charge in [-0.25, -0.2) is 14.8 Å². The van der Waals surface area contributed by atoms with E-state index in [4.69, 9.17) is 4.74 Å². The quantitative estimate of drug-likeness (QED) is 0.317. The molecule has 0 saturated carbocycles. The average Bonchev–Trinajstić information content (AvgIpc) is 3.16. The van der Waals surface area contributed by atoms with E-state index in [0.29, 0.717) is 33.8 Å². The number of fused-ring (bicyclic) bond motifs is 1. The van der Waals surface area contributed by atoms with Gasteiger partial charge in [-0.15, -0.1) is 11.3 Å². The summed E-state index contributed by atoms with van der Waals surface area (Å²) >= 11 is 2.93. The fourth-order valence-electron chi connectivity index (χ4n) is 3.79. The Morgan fingerprint density at radius 3 is 2.71 bits per heavy atom. The van der Waals surface area contributed by atoms with Gasteiger partial charge < -0.3 is 10.1 Å². The van der Waals surface area contributed by atoms with Crippen molar-refractivity contribution in [2.45, 2.75) is 36.8 Å². The van der Waals surface area contributed by atoms with E-state index in [2.05, 4.69) is 39.6 Å². The van der Waals surface area contributed by atoms with Gasteiger partial charge in [0.25, 0.3) is 0 Å². The smallest absolute Gasteiger partial charge is 0.341 e. The number of ether oxygens (including phenoxy) is 1. The third-order valence-electron chi connectivity index (χ3n) is 5.28. The number of methoxy groups -OCH3 is 1. The molecule has 1 N–H and O–H groups in total. The van der Waals surface area contributed by atoms with E-state index in [-0.39, 0.29) is 5.91 Å². The van der Waals surface area contributed by atoms with Gasteiger partial charge in [0, 0.05) is 29.4 Å². The second-order valence-corrected chi connectivity index (χ2v) is 9.40. The normalized spacial score (nSPS) is 15.2. The van der Waals surface area contributed by atoms with Crippen LogP contribution in [0.5, 0.6) is 0 Å². The highest BCUT2D eigenvalue weighted by molar-refractivity contribution is 7.99. The lowest BCUT2D eigenvalue weighted by molar-refractivity contribution is -0.115. The molecule has 1 unspecified atom stereocenters. The van der Waals surface area contributed by atoms with Crippen molar-refractivity contribution < 1.29 is 14.3 Å². The number of nitrogens with one attached hydrogen (secondary N) is 1. The zero-order chi connectivity index (χ0) is 21.6. The van der Waals surface area contributed by atoms with Crippen LogP contribution in [-0.4, -0.2) is 34.7 Å². The molecular weight excluding hydrogens is 430 g/mol. The van der Waals surface area contributed by atoms with Crippen molar-refractivity contribution in [2.24, 2.45) is 0 Å². The summed E-state index contributed by atoms with van der Waals surface area (Å²) < 4.78 is 5.03. The van der Waals surface area contributed by atoms with E-state index in [1.807, 2.05) is 6.07 Å². The predicted molar refractivity (Wildman–Crippen MR) is 123 cm³/mol. The number of rotatable bonds is 7. The summed E-state index contributed by atoms with van der Waals surface area (Å²) in [4.78, 5) is 34.5. The highest BCUT2D eigenvalue weighted by Gasteiger charge is 2.30. The maximum Gasteiger partial charge on any atom is 0.341 e. The van der Waals surface area contributed by atoms with Gasteiger partial charge in [0.05, 0.1) is 12.7 Å². The highest BCUT2D eigenvalue weighted by Crippen LogP contribution is 2.42. The lowest BCUT2D eigenvalue weighted by atomic mass is 9.83. The van der Waals surface area contributed by atoms with E-state index >= 15 is 0 Å². The number of thioether (sulfide) groups is 1. The van der Waals surface area contributed by atoms with Gasteiger partial charge in [0.1, 0.15) is 5.00 Å². The second kappa shape index (κ2) is 10.1. The van der Waals surface area contributed by atoms with Crippen LogP contribution >= 0.6 is 23.1 Å². The lowest BCUT2D eigenvalue weighted by Crippen LogP contribution is -2.16. The molecule has 1 atom stereocenters. The Hall–Kier alpha value is -2.71. The van der Waals surface area contributed by atoms with E-state index < -0.39 is 5.97 Å². The summed E-state index contributed by atoms with van der Waals surface area (Å²) in [5.74, 6) is 0.457. The molecular formula is C23H23N3O3S2. The van der Waals surface area contributed by atoms with Gasteiger partial charge in [-0.05, 0) is 42.4 Å². The van der Waals surface area contributed by atoms with E-state index in [1.165, 1.54) is 35.8 Å². The summed E-state index contributed by atoms with van der Waals surface area (Å²) in [6, 6.07) is 12.2. The second-order valence-electron chi connectivity index (χ2n) is 7.23. The number of carbonyl (C=O) groups is 2. The number of thiophene rings is 1. The molecule has 0 saturated heterocycles. The van der Waals surface area contributed by atoms with Gasteiger partial charge in [0.2, 0.25) is 5.91 Å². The first kappa shape index (κ1) is 21.5. The maximum atomic E-state index is 12.6. The fraction of sp³-hybridized carbons (Fsp3) is 0.304. The standard InChI is InChI=1S/C23H23N3O3S2/c1-29-22(28)20-17-9-8-16(15-6-3-2-4-7-15)14-18(17)31-21(20)26-19(27)10-13-30-23-24-11-5-12-25-23/h2-7,11-12,16H,8-10,13-14H2,1H3,(H,26,27). The molecule has 0 radical (unpaired) electrons. The number of anilines is 1. The van der Waals surface area contributed by atoms with Crippen LogP contribution in [0, 0.1) is 0 Å². The summed E-state index contributed by atoms with van der Waals surface area (Å²) in [6.45, 7) is 0. The molecule has 8 heteroatoms. The molecule has 2 heterocycles. The Labute approximate surface area is 189 Å². The molecule has 0 bridgehead atoms. The van der Waals surface area contributed by atoms with Crippen LogP contribution in [0.1, 0.15) is 45.1 Å². The summed E-state index contributed by atoms with van der Waals surface area (Å²) in [5, 5.41) is 4.19. The van der Waals surface area contributed by atoms with Gasteiger partial charge in [-0.1, -0.05) is 42.1 Å². The van der Waals surface area contributed by atoms with Gasteiger partial charge in [-0.2, -0.15) is 0 Å². The first-order chi connectivity index (χ1) is 15.2. The minimum absolute atomic E-state index is 0.133. The number of hydrogen-bond acceptors (Lipinski definition) is 7. The molecule has 1 aliphatic carbocycles. The average molecular weight is 454 g/mol. The number of aromatic nitrogens is 2. The van der Waals surface area contributed by atoms with Gasteiger partial charge >= 0.3 is 5.97 Å². The molecule has 6 nitrogen and oxygen atoms in total. The van der Waals surface area contributed by atoms with Crippen LogP contribution < -0.4 is 5.32 Å². The minimum Gasteiger partial charge on any atom is -0.465 e. The van der Waals surface area contributed by atoms with Gasteiger partial charge in [0.15, 0.2) is 5.16 Å². The van der Waals surface area contributed by atoms with Crippen molar-refractivity contribution in [3.63, 3.8) is 0 Å². The number of hydrogen-bond donors (Lipinski definition) is 1. The van der Waals surface area contributed by atoms with Crippen molar-refractivity contribution in [3.8, 4) is 0 Å². The van der Waals surface area contributed by atoms with E-state index in [9.17, 15) is 9.59 Å². The van der Waals surface area contributed by atoms with Crippen molar-refractivity contribution in [1.82, 2.24) is 9.97 Å². The first-order valence-corrected chi connectivity index (χ1v) is 11.9. The zero-order valence-corrected chi connectivity index (χ0v) is 18.8. The number of esters is 1. The molecule has 2 aromatic heterocycles. The molecule has 0 fully saturated rings. The van der Waals surface area contributed by atoms with Crippen LogP contribution in [0.15, 0.2) is 53.9 Å². The molecule has 1 amide bonds. The van der Waals surface area contributed by atoms with E-state index in [1.54, 1.807) is 18.5 Å². The molecule has 3 aromatic rings. The summed E-state index contributed by atoms with van der Waals surface area (Å²) in [6.07, 6.45) is 6.30. The molecule has 4 rings (SSSR count). The number of nitrogens with zero attached hydrogens (tertiary/aromatic N) is 2. The Morgan fingerprint density at radius 1 is 1.19 bits per heavy atom. The number of carbonyl (C=O) groups excluding carboxylic acids is 2. The summed E-state index contributed by atoms with van der Waals surface area (Å²) in [7, 11) is 1.38. The topological polar surface area (TPSA) is 81.2 Å². The SMILES string of the molecule is COC(=O)c1c(NC(=O)CCSc2ncccn2)sc2c1CCC(c1ccccc1)C2.